The van der Waals surface area contributed by atoms with E-state index in [1.54, 1.807) is 6.20 Å². The minimum atomic E-state index is 0.0247. The molecule has 1 N–H and O–H groups in total. The third-order valence-electron chi connectivity index (χ3n) is 6.59. The van der Waals surface area contributed by atoms with Crippen molar-refractivity contribution >= 4 is 16.8 Å². The van der Waals surface area contributed by atoms with Crippen molar-refractivity contribution in [3.8, 4) is 11.3 Å². The van der Waals surface area contributed by atoms with Gasteiger partial charge in [-0.05, 0) is 49.5 Å². The van der Waals surface area contributed by atoms with E-state index < -0.39 is 0 Å². The van der Waals surface area contributed by atoms with E-state index in [0.29, 0.717) is 32.0 Å². The second-order valence-corrected chi connectivity index (χ2v) is 8.86. The largest absolute Gasteiger partial charge is 0.378 e. The molecule has 2 aromatic heterocycles. The summed E-state index contributed by atoms with van der Waals surface area (Å²) in [5, 5.41) is 0.983. The van der Waals surface area contributed by atoms with Gasteiger partial charge in [-0.1, -0.05) is 31.2 Å². The first kappa shape index (κ1) is 20.2. The number of hydrogen-bond acceptors (Lipinski definition) is 4. The lowest BCUT2D eigenvalue weighted by Gasteiger charge is -2.30. The highest BCUT2D eigenvalue weighted by Gasteiger charge is 2.21. The molecule has 0 radical (unpaired) electrons. The molecule has 0 atom stereocenters. The second-order valence-electron chi connectivity index (χ2n) is 8.86. The molecule has 1 aromatic carbocycles. The maximum Gasteiger partial charge on any atom is 0.270 e. The molecule has 0 unspecified atom stereocenters. The van der Waals surface area contributed by atoms with Gasteiger partial charge < -0.3 is 14.6 Å². The highest BCUT2D eigenvalue weighted by atomic mass is 16.5. The van der Waals surface area contributed by atoms with E-state index in [1.807, 2.05) is 17.0 Å². The Bertz CT molecular complexity index is 1050. The normalized spacial score (nSPS) is 18.5. The van der Waals surface area contributed by atoms with Gasteiger partial charge in [0.05, 0.1) is 18.9 Å². The number of hydrogen-bond donors (Lipinski definition) is 1. The summed E-state index contributed by atoms with van der Waals surface area (Å²) in [6.07, 6.45) is 4.39. The van der Waals surface area contributed by atoms with Crippen molar-refractivity contribution in [2.75, 3.05) is 39.4 Å². The van der Waals surface area contributed by atoms with Gasteiger partial charge in [-0.3, -0.25) is 14.7 Å². The summed E-state index contributed by atoms with van der Waals surface area (Å²) < 4.78 is 5.37. The summed E-state index contributed by atoms with van der Waals surface area (Å²) in [7, 11) is 0. The Labute approximate surface area is 183 Å². The highest BCUT2D eigenvalue weighted by Crippen LogP contribution is 2.28. The Morgan fingerprint density at radius 1 is 1.10 bits per heavy atom. The Morgan fingerprint density at radius 2 is 1.84 bits per heavy atom. The zero-order valence-electron chi connectivity index (χ0n) is 18.1. The number of morpholine rings is 1. The Hall–Kier alpha value is -2.70. The van der Waals surface area contributed by atoms with Crippen molar-refractivity contribution in [1.82, 2.24) is 19.8 Å². The molecule has 0 bridgehead atoms. The average molecular weight is 419 g/mol. The van der Waals surface area contributed by atoms with Crippen LogP contribution in [0.4, 0.5) is 0 Å². The monoisotopic (exact) mass is 418 g/mol. The molecule has 2 fully saturated rings. The molecule has 1 amide bonds. The Kier molecular flexibility index (Phi) is 5.74. The molecule has 6 nitrogen and oxygen atoms in total. The van der Waals surface area contributed by atoms with Crippen LogP contribution >= 0.6 is 0 Å². The number of aromatic nitrogens is 2. The SMILES string of the molecule is CC1CCN(Cc2ccc(-c3nccc4[nH]c(C(=O)N5CCOCC5)cc34)cc2)CC1. The van der Waals surface area contributed by atoms with Gasteiger partial charge in [-0.2, -0.15) is 0 Å². The number of amides is 1. The van der Waals surface area contributed by atoms with Crippen molar-refractivity contribution < 1.29 is 9.53 Å². The topological polar surface area (TPSA) is 61.5 Å². The number of nitrogens with one attached hydrogen (secondary N) is 1. The van der Waals surface area contributed by atoms with Gasteiger partial charge in [0.1, 0.15) is 5.69 Å². The van der Waals surface area contributed by atoms with E-state index >= 15 is 0 Å². The van der Waals surface area contributed by atoms with Crippen molar-refractivity contribution in [3.63, 3.8) is 0 Å². The zero-order valence-corrected chi connectivity index (χ0v) is 18.1. The fourth-order valence-corrected chi connectivity index (χ4v) is 4.58. The third-order valence-corrected chi connectivity index (χ3v) is 6.59. The number of fused-ring (bicyclic) bond motifs is 1. The molecule has 0 aliphatic carbocycles. The van der Waals surface area contributed by atoms with Gasteiger partial charge in [0.15, 0.2) is 0 Å². The van der Waals surface area contributed by atoms with E-state index in [-0.39, 0.29) is 5.91 Å². The predicted octanol–water partition coefficient (Wildman–Crippen LogP) is 3.93. The van der Waals surface area contributed by atoms with Crippen LogP contribution in [0.1, 0.15) is 35.8 Å². The molecule has 5 rings (SSSR count). The first-order chi connectivity index (χ1) is 15.2. The van der Waals surface area contributed by atoms with Crippen LogP contribution in [0.2, 0.25) is 0 Å². The van der Waals surface area contributed by atoms with Gasteiger partial charge >= 0.3 is 0 Å². The number of H-pyrrole nitrogens is 1. The fourth-order valence-electron chi connectivity index (χ4n) is 4.58. The molecule has 4 heterocycles. The maximum absolute atomic E-state index is 12.9. The molecule has 0 spiro atoms. The number of rotatable bonds is 4. The molecule has 31 heavy (non-hydrogen) atoms. The van der Waals surface area contributed by atoms with Crippen LogP contribution in [0, 0.1) is 5.92 Å². The van der Waals surface area contributed by atoms with E-state index in [1.165, 1.54) is 31.5 Å². The molecule has 2 aliphatic heterocycles. The van der Waals surface area contributed by atoms with Crippen LogP contribution in [0.15, 0.2) is 42.6 Å². The minimum absolute atomic E-state index is 0.0247. The number of nitrogens with zero attached hydrogens (tertiary/aromatic N) is 3. The summed E-state index contributed by atoms with van der Waals surface area (Å²) >= 11 is 0. The maximum atomic E-state index is 12.9. The fraction of sp³-hybridized carbons (Fsp3) is 0.440. The van der Waals surface area contributed by atoms with E-state index in [9.17, 15) is 4.79 Å². The summed E-state index contributed by atoms with van der Waals surface area (Å²) in [5.74, 6) is 0.878. The van der Waals surface area contributed by atoms with Crippen molar-refractivity contribution in [2.24, 2.45) is 5.92 Å². The van der Waals surface area contributed by atoms with Gasteiger partial charge in [-0.25, -0.2) is 0 Å². The Balaban J connectivity index is 1.36. The molecule has 6 heteroatoms. The number of carbonyl (C=O) groups is 1. The smallest absolute Gasteiger partial charge is 0.270 e. The molecule has 0 saturated carbocycles. The van der Waals surface area contributed by atoms with Crippen LogP contribution in [-0.4, -0.2) is 65.1 Å². The van der Waals surface area contributed by atoms with Gasteiger partial charge in [0.2, 0.25) is 0 Å². The predicted molar refractivity (Wildman–Crippen MR) is 122 cm³/mol. The number of benzene rings is 1. The summed E-state index contributed by atoms with van der Waals surface area (Å²) in [6.45, 7) is 8.20. The molecular weight excluding hydrogens is 388 g/mol. The Morgan fingerprint density at radius 3 is 2.58 bits per heavy atom. The highest BCUT2D eigenvalue weighted by molar-refractivity contribution is 6.01. The van der Waals surface area contributed by atoms with E-state index in [2.05, 4.69) is 46.1 Å². The zero-order chi connectivity index (χ0) is 21.2. The van der Waals surface area contributed by atoms with E-state index in [4.69, 9.17) is 4.74 Å². The average Bonchev–Trinajstić information content (AvgIpc) is 3.26. The molecule has 3 aromatic rings. The first-order valence-electron chi connectivity index (χ1n) is 11.3. The standard InChI is InChI=1S/C25H30N4O2/c1-18-7-10-28(11-8-18)17-19-2-4-20(5-3-19)24-21-16-23(27-22(21)6-9-26-24)25(30)29-12-14-31-15-13-29/h2-6,9,16,18,27H,7-8,10-15,17H2,1H3. The lowest BCUT2D eigenvalue weighted by atomic mass is 9.98. The second kappa shape index (κ2) is 8.81. The quantitative estimate of drug-likeness (QED) is 0.697. The molecule has 2 aliphatic rings. The lowest BCUT2D eigenvalue weighted by Crippen LogP contribution is -2.40. The van der Waals surface area contributed by atoms with Crippen molar-refractivity contribution in [1.29, 1.82) is 0 Å². The minimum Gasteiger partial charge on any atom is -0.378 e. The number of piperidine rings is 1. The van der Waals surface area contributed by atoms with Crippen molar-refractivity contribution in [3.05, 3.63) is 53.9 Å². The van der Waals surface area contributed by atoms with Crippen LogP contribution in [0.25, 0.3) is 22.2 Å². The number of likely N-dealkylation sites (tertiary alicyclic amines) is 1. The van der Waals surface area contributed by atoms with Crippen LogP contribution in [0.5, 0.6) is 0 Å². The van der Waals surface area contributed by atoms with Gasteiger partial charge in [0, 0.05) is 42.3 Å². The van der Waals surface area contributed by atoms with Gasteiger partial charge in [-0.15, -0.1) is 0 Å². The number of aromatic amines is 1. The molecular formula is C25H30N4O2. The van der Waals surface area contributed by atoms with Crippen molar-refractivity contribution in [2.45, 2.75) is 26.3 Å². The summed E-state index contributed by atoms with van der Waals surface area (Å²) in [4.78, 5) is 25.2. The molecule has 2 saturated heterocycles. The number of ether oxygens (including phenoxy) is 1. The lowest BCUT2D eigenvalue weighted by molar-refractivity contribution is 0.0299. The number of pyridine rings is 1. The third kappa shape index (κ3) is 4.36. The summed E-state index contributed by atoms with van der Waals surface area (Å²) in [5.41, 5.74) is 4.87. The first-order valence-corrected chi connectivity index (χ1v) is 11.3. The van der Waals surface area contributed by atoms with Gasteiger partial charge in [0.25, 0.3) is 5.91 Å². The van der Waals surface area contributed by atoms with Crippen LogP contribution in [-0.2, 0) is 11.3 Å². The number of carbonyl (C=O) groups excluding carboxylic acids is 1. The molecule has 162 valence electrons. The van der Waals surface area contributed by atoms with E-state index in [0.717, 1.165) is 34.6 Å². The van der Waals surface area contributed by atoms with Crippen LogP contribution in [0.3, 0.4) is 0 Å². The summed E-state index contributed by atoms with van der Waals surface area (Å²) in [6, 6.07) is 12.6. The van der Waals surface area contributed by atoms with Crippen LogP contribution < -0.4 is 0 Å².